The molecule has 2 aromatic rings. The first-order chi connectivity index (χ1) is 5.81. The van der Waals surface area contributed by atoms with Crippen LogP contribution in [-0.2, 0) is 6.54 Å². The molecule has 62 valence electrons. The van der Waals surface area contributed by atoms with Crippen molar-refractivity contribution in [2.24, 2.45) is 5.73 Å². The van der Waals surface area contributed by atoms with Crippen LogP contribution in [-0.4, -0.2) is 9.97 Å². The van der Waals surface area contributed by atoms with E-state index < -0.39 is 0 Å². The van der Waals surface area contributed by atoms with Crippen molar-refractivity contribution in [1.29, 1.82) is 0 Å². The van der Waals surface area contributed by atoms with Gasteiger partial charge in [-0.2, -0.15) is 0 Å². The molecule has 0 bridgehead atoms. The van der Waals surface area contributed by atoms with Gasteiger partial charge in [0.05, 0.1) is 11.2 Å². The minimum absolute atomic E-state index is 0.483. The lowest BCUT2D eigenvalue weighted by molar-refractivity contribution is 1.00. The van der Waals surface area contributed by atoms with Gasteiger partial charge in [-0.1, -0.05) is 0 Å². The molecule has 0 aliphatic rings. The zero-order chi connectivity index (χ0) is 8.55. The first-order valence-corrected chi connectivity index (χ1v) is 3.94. The van der Waals surface area contributed by atoms with Crippen LogP contribution in [0.25, 0.3) is 10.9 Å². The molecule has 12 heavy (non-hydrogen) atoms. The lowest BCUT2D eigenvalue weighted by atomic mass is 10.2. The molecule has 0 saturated carbocycles. The third-order valence-electron chi connectivity index (χ3n) is 1.95. The Hall–Kier alpha value is -1.35. The number of nitrogens with one attached hydrogen (secondary N) is 1. The molecule has 3 N–H and O–H groups in total. The number of hydrogen-bond acceptors (Lipinski definition) is 2. The summed E-state index contributed by atoms with van der Waals surface area (Å²) in [6.07, 6.45) is 1.79. The average Bonchev–Trinajstić information content (AvgIpc) is 2.44. The summed E-state index contributed by atoms with van der Waals surface area (Å²) in [7, 11) is 0. The standard InChI is InChI=1S/C9H11N3/c1-6-4-7-2-3-11-8(5-10)9(7)12-6/h2-4,12H,5,10H2,1H3. The summed E-state index contributed by atoms with van der Waals surface area (Å²) in [4.78, 5) is 7.42. The van der Waals surface area contributed by atoms with E-state index in [9.17, 15) is 0 Å². The van der Waals surface area contributed by atoms with E-state index in [0.29, 0.717) is 6.54 Å². The van der Waals surface area contributed by atoms with Crippen molar-refractivity contribution in [3.63, 3.8) is 0 Å². The minimum Gasteiger partial charge on any atom is -0.357 e. The van der Waals surface area contributed by atoms with Gasteiger partial charge in [0.25, 0.3) is 0 Å². The van der Waals surface area contributed by atoms with E-state index in [-0.39, 0.29) is 0 Å². The molecule has 0 radical (unpaired) electrons. The van der Waals surface area contributed by atoms with E-state index in [1.54, 1.807) is 6.20 Å². The van der Waals surface area contributed by atoms with Crippen molar-refractivity contribution in [1.82, 2.24) is 9.97 Å². The number of hydrogen-bond donors (Lipinski definition) is 2. The molecular weight excluding hydrogens is 150 g/mol. The van der Waals surface area contributed by atoms with Gasteiger partial charge in [-0.05, 0) is 19.1 Å². The first-order valence-electron chi connectivity index (χ1n) is 3.94. The van der Waals surface area contributed by atoms with Crippen molar-refractivity contribution in [3.8, 4) is 0 Å². The Morgan fingerprint density at radius 3 is 3.17 bits per heavy atom. The highest BCUT2D eigenvalue weighted by Crippen LogP contribution is 2.16. The fourth-order valence-corrected chi connectivity index (χ4v) is 1.41. The Morgan fingerprint density at radius 2 is 2.42 bits per heavy atom. The SMILES string of the molecule is Cc1cc2ccnc(CN)c2[nH]1. The molecule has 0 aliphatic heterocycles. The second-order valence-electron chi connectivity index (χ2n) is 2.88. The molecule has 2 aromatic heterocycles. The third kappa shape index (κ3) is 0.987. The fourth-order valence-electron chi connectivity index (χ4n) is 1.41. The topological polar surface area (TPSA) is 54.7 Å². The maximum atomic E-state index is 5.54. The van der Waals surface area contributed by atoms with E-state index in [4.69, 9.17) is 5.73 Å². The number of rotatable bonds is 1. The monoisotopic (exact) mass is 161 g/mol. The quantitative estimate of drug-likeness (QED) is 0.663. The van der Waals surface area contributed by atoms with Crippen LogP contribution in [0.2, 0.25) is 0 Å². The summed E-state index contributed by atoms with van der Waals surface area (Å²) < 4.78 is 0. The highest BCUT2D eigenvalue weighted by atomic mass is 14.8. The highest BCUT2D eigenvalue weighted by molar-refractivity contribution is 5.82. The van der Waals surface area contributed by atoms with Crippen LogP contribution in [0.1, 0.15) is 11.4 Å². The van der Waals surface area contributed by atoms with Crippen LogP contribution >= 0.6 is 0 Å². The summed E-state index contributed by atoms with van der Waals surface area (Å²) in [5, 5.41) is 1.18. The Bertz CT molecular complexity index is 403. The lowest BCUT2D eigenvalue weighted by Crippen LogP contribution is -1.99. The van der Waals surface area contributed by atoms with E-state index in [2.05, 4.69) is 16.0 Å². The van der Waals surface area contributed by atoms with Gasteiger partial charge in [-0.25, -0.2) is 0 Å². The maximum Gasteiger partial charge on any atom is 0.0779 e. The number of nitrogens with two attached hydrogens (primary N) is 1. The minimum atomic E-state index is 0.483. The molecular formula is C9H11N3. The van der Waals surface area contributed by atoms with Gasteiger partial charge in [0.15, 0.2) is 0 Å². The summed E-state index contributed by atoms with van der Waals surface area (Å²) >= 11 is 0. The van der Waals surface area contributed by atoms with Crippen molar-refractivity contribution in [2.75, 3.05) is 0 Å². The molecule has 0 saturated heterocycles. The fraction of sp³-hybridized carbons (Fsp3) is 0.222. The molecule has 0 amide bonds. The Morgan fingerprint density at radius 1 is 1.58 bits per heavy atom. The van der Waals surface area contributed by atoms with Crippen molar-refractivity contribution >= 4 is 10.9 Å². The second-order valence-corrected chi connectivity index (χ2v) is 2.88. The normalized spacial score (nSPS) is 10.8. The summed E-state index contributed by atoms with van der Waals surface area (Å²) in [5.74, 6) is 0. The molecule has 0 unspecified atom stereocenters. The number of aromatic nitrogens is 2. The number of nitrogens with zero attached hydrogens (tertiary/aromatic N) is 1. The Kier molecular flexibility index (Phi) is 1.59. The van der Waals surface area contributed by atoms with Crippen LogP contribution in [0.4, 0.5) is 0 Å². The highest BCUT2D eigenvalue weighted by Gasteiger charge is 2.01. The van der Waals surface area contributed by atoms with Gasteiger partial charge >= 0.3 is 0 Å². The maximum absolute atomic E-state index is 5.54. The predicted octanol–water partition coefficient (Wildman–Crippen LogP) is 1.33. The summed E-state index contributed by atoms with van der Waals surface area (Å²) in [6, 6.07) is 4.08. The van der Waals surface area contributed by atoms with Gasteiger partial charge in [-0.15, -0.1) is 0 Å². The van der Waals surface area contributed by atoms with Gasteiger partial charge in [0.2, 0.25) is 0 Å². The zero-order valence-corrected chi connectivity index (χ0v) is 6.96. The van der Waals surface area contributed by atoms with E-state index in [1.807, 2.05) is 13.0 Å². The summed E-state index contributed by atoms with van der Waals surface area (Å²) in [5.41, 5.74) is 8.69. The molecule has 2 heterocycles. The van der Waals surface area contributed by atoms with Gasteiger partial charge in [-0.3, -0.25) is 4.98 Å². The van der Waals surface area contributed by atoms with E-state index >= 15 is 0 Å². The second kappa shape index (κ2) is 2.60. The van der Waals surface area contributed by atoms with Crippen LogP contribution in [0.3, 0.4) is 0 Å². The average molecular weight is 161 g/mol. The van der Waals surface area contributed by atoms with Crippen molar-refractivity contribution in [2.45, 2.75) is 13.5 Å². The van der Waals surface area contributed by atoms with E-state index in [0.717, 1.165) is 16.9 Å². The van der Waals surface area contributed by atoms with Crippen LogP contribution in [0.5, 0.6) is 0 Å². The molecule has 0 fully saturated rings. The van der Waals surface area contributed by atoms with Gasteiger partial charge < -0.3 is 10.7 Å². The van der Waals surface area contributed by atoms with Crippen LogP contribution in [0.15, 0.2) is 18.3 Å². The number of H-pyrrole nitrogens is 1. The number of aromatic amines is 1. The van der Waals surface area contributed by atoms with Gasteiger partial charge in [0.1, 0.15) is 0 Å². The molecule has 0 aromatic carbocycles. The first kappa shape index (κ1) is 7.31. The Balaban J connectivity index is 2.78. The molecule has 0 spiro atoms. The van der Waals surface area contributed by atoms with E-state index in [1.165, 1.54) is 5.39 Å². The van der Waals surface area contributed by atoms with Crippen LogP contribution in [0, 0.1) is 6.92 Å². The molecule has 0 aliphatic carbocycles. The molecule has 3 heteroatoms. The van der Waals surface area contributed by atoms with Gasteiger partial charge in [0, 0.05) is 23.8 Å². The number of fused-ring (bicyclic) bond motifs is 1. The van der Waals surface area contributed by atoms with Crippen molar-refractivity contribution < 1.29 is 0 Å². The third-order valence-corrected chi connectivity index (χ3v) is 1.95. The Labute approximate surface area is 70.6 Å². The smallest absolute Gasteiger partial charge is 0.0779 e. The largest absolute Gasteiger partial charge is 0.357 e. The number of pyridine rings is 1. The molecule has 2 rings (SSSR count). The lowest BCUT2D eigenvalue weighted by Gasteiger charge is -1.96. The number of aryl methyl sites for hydroxylation is 1. The molecule has 0 atom stereocenters. The zero-order valence-electron chi connectivity index (χ0n) is 6.96. The predicted molar refractivity (Wildman–Crippen MR) is 48.7 cm³/mol. The summed E-state index contributed by atoms with van der Waals surface area (Å²) in [6.45, 7) is 2.51. The molecule has 3 nitrogen and oxygen atoms in total. The van der Waals surface area contributed by atoms with Crippen molar-refractivity contribution in [3.05, 3.63) is 29.7 Å². The van der Waals surface area contributed by atoms with Crippen LogP contribution < -0.4 is 5.73 Å².